The summed E-state index contributed by atoms with van der Waals surface area (Å²) in [7, 11) is 0. The van der Waals surface area contributed by atoms with Gasteiger partial charge in [-0.2, -0.15) is 0 Å². The number of hydrogen-bond acceptors (Lipinski definition) is 2. The molecule has 0 aromatic heterocycles. The van der Waals surface area contributed by atoms with Crippen molar-refractivity contribution in [2.45, 2.75) is 46.1 Å². The number of hydrogen-bond donors (Lipinski definition) is 2. The van der Waals surface area contributed by atoms with E-state index in [2.05, 4.69) is 0 Å². The van der Waals surface area contributed by atoms with Gasteiger partial charge in [0.1, 0.15) is 0 Å². The standard InChI is InChI=1S/C10H20O3/c1-5-10(13,6-2)8(7(3)4)9(11)12/h7-8,13H,5-6H2,1-4H3,(H,11,12). The third kappa shape index (κ3) is 2.69. The minimum atomic E-state index is -1.06. The van der Waals surface area contributed by atoms with E-state index in [1.165, 1.54) is 0 Å². The topological polar surface area (TPSA) is 57.5 Å². The van der Waals surface area contributed by atoms with Crippen molar-refractivity contribution >= 4 is 5.97 Å². The lowest BCUT2D eigenvalue weighted by Crippen LogP contribution is -2.44. The van der Waals surface area contributed by atoms with Gasteiger partial charge in [0.15, 0.2) is 0 Å². The lowest BCUT2D eigenvalue weighted by molar-refractivity contribution is -0.156. The van der Waals surface area contributed by atoms with Crippen LogP contribution in [0.1, 0.15) is 40.5 Å². The molecule has 0 aliphatic rings. The van der Waals surface area contributed by atoms with E-state index in [1.54, 1.807) is 0 Å². The van der Waals surface area contributed by atoms with Crippen LogP contribution in [0.2, 0.25) is 0 Å². The molecular formula is C10H20O3. The van der Waals surface area contributed by atoms with Gasteiger partial charge in [-0.3, -0.25) is 4.79 Å². The fourth-order valence-corrected chi connectivity index (χ4v) is 1.83. The van der Waals surface area contributed by atoms with Crippen LogP contribution in [0.5, 0.6) is 0 Å². The minimum Gasteiger partial charge on any atom is -0.481 e. The van der Waals surface area contributed by atoms with Crippen molar-refractivity contribution in [1.29, 1.82) is 0 Å². The summed E-state index contributed by atoms with van der Waals surface area (Å²) >= 11 is 0. The molecule has 0 aromatic rings. The number of carboxylic acids is 1. The first-order chi connectivity index (χ1) is 5.89. The highest BCUT2D eigenvalue weighted by molar-refractivity contribution is 5.71. The molecule has 0 aliphatic heterocycles. The third-order valence-electron chi connectivity index (χ3n) is 2.74. The molecule has 0 fully saturated rings. The van der Waals surface area contributed by atoms with Crippen molar-refractivity contribution in [3.63, 3.8) is 0 Å². The molecule has 0 aromatic carbocycles. The Balaban J connectivity index is 4.80. The first kappa shape index (κ1) is 12.4. The Morgan fingerprint density at radius 3 is 1.77 bits per heavy atom. The molecule has 0 saturated heterocycles. The lowest BCUT2D eigenvalue weighted by atomic mass is 9.76. The van der Waals surface area contributed by atoms with Crippen LogP contribution in [0.25, 0.3) is 0 Å². The van der Waals surface area contributed by atoms with Gasteiger partial charge >= 0.3 is 5.97 Å². The second-order valence-corrected chi connectivity index (χ2v) is 3.87. The van der Waals surface area contributed by atoms with Crippen LogP contribution < -0.4 is 0 Å². The van der Waals surface area contributed by atoms with Crippen molar-refractivity contribution < 1.29 is 15.0 Å². The van der Waals surface area contributed by atoms with E-state index in [1.807, 2.05) is 27.7 Å². The Morgan fingerprint density at radius 2 is 1.69 bits per heavy atom. The number of aliphatic carboxylic acids is 1. The predicted molar refractivity (Wildman–Crippen MR) is 51.5 cm³/mol. The Labute approximate surface area is 79.8 Å². The van der Waals surface area contributed by atoms with Gasteiger partial charge in [-0.1, -0.05) is 27.7 Å². The number of rotatable bonds is 5. The zero-order valence-electron chi connectivity index (χ0n) is 8.87. The summed E-state index contributed by atoms with van der Waals surface area (Å²) in [4.78, 5) is 10.9. The third-order valence-corrected chi connectivity index (χ3v) is 2.74. The summed E-state index contributed by atoms with van der Waals surface area (Å²) in [5, 5.41) is 19.0. The van der Waals surface area contributed by atoms with Crippen molar-refractivity contribution in [2.75, 3.05) is 0 Å². The van der Waals surface area contributed by atoms with Crippen LogP contribution in [0.3, 0.4) is 0 Å². The molecule has 1 unspecified atom stereocenters. The molecule has 2 N–H and O–H groups in total. The van der Waals surface area contributed by atoms with Gasteiger partial charge in [-0.15, -0.1) is 0 Å². The molecule has 3 heteroatoms. The van der Waals surface area contributed by atoms with Crippen molar-refractivity contribution in [1.82, 2.24) is 0 Å². The van der Waals surface area contributed by atoms with Gasteiger partial charge in [0, 0.05) is 0 Å². The summed E-state index contributed by atoms with van der Waals surface area (Å²) in [6, 6.07) is 0. The van der Waals surface area contributed by atoms with E-state index in [4.69, 9.17) is 5.11 Å². The van der Waals surface area contributed by atoms with Gasteiger partial charge in [0.05, 0.1) is 11.5 Å². The van der Waals surface area contributed by atoms with E-state index >= 15 is 0 Å². The molecule has 0 heterocycles. The van der Waals surface area contributed by atoms with Crippen LogP contribution in [0.4, 0.5) is 0 Å². The average Bonchev–Trinajstić information content (AvgIpc) is 2.02. The molecule has 13 heavy (non-hydrogen) atoms. The molecule has 3 nitrogen and oxygen atoms in total. The van der Waals surface area contributed by atoms with Gasteiger partial charge in [0.25, 0.3) is 0 Å². The molecule has 0 spiro atoms. The Hall–Kier alpha value is -0.570. The fraction of sp³-hybridized carbons (Fsp3) is 0.900. The molecule has 0 saturated carbocycles. The van der Waals surface area contributed by atoms with Gasteiger partial charge in [0.2, 0.25) is 0 Å². The number of carbonyl (C=O) groups is 1. The van der Waals surface area contributed by atoms with Crippen LogP contribution in [-0.2, 0) is 4.79 Å². The predicted octanol–water partition coefficient (Wildman–Crippen LogP) is 1.89. The van der Waals surface area contributed by atoms with Gasteiger partial charge in [-0.25, -0.2) is 0 Å². The SMILES string of the molecule is CCC(O)(CC)C(C(=O)O)C(C)C. The van der Waals surface area contributed by atoms with E-state index in [9.17, 15) is 9.90 Å². The summed E-state index contributed by atoms with van der Waals surface area (Å²) < 4.78 is 0. The molecular weight excluding hydrogens is 168 g/mol. The highest BCUT2D eigenvalue weighted by atomic mass is 16.4. The van der Waals surface area contributed by atoms with Crippen molar-refractivity contribution in [2.24, 2.45) is 11.8 Å². The lowest BCUT2D eigenvalue weighted by Gasteiger charge is -2.34. The molecule has 78 valence electrons. The maximum absolute atomic E-state index is 10.9. The largest absolute Gasteiger partial charge is 0.481 e. The van der Waals surface area contributed by atoms with Gasteiger partial charge in [-0.05, 0) is 18.8 Å². The average molecular weight is 188 g/mol. The summed E-state index contributed by atoms with van der Waals surface area (Å²) in [5.41, 5.74) is -1.06. The van der Waals surface area contributed by atoms with Crippen molar-refractivity contribution in [3.05, 3.63) is 0 Å². The Bertz CT molecular complexity index is 171. The summed E-state index contributed by atoms with van der Waals surface area (Å²) in [6.45, 7) is 7.30. The highest BCUT2D eigenvalue weighted by Crippen LogP contribution is 2.31. The second kappa shape index (κ2) is 4.61. The first-order valence-electron chi connectivity index (χ1n) is 4.84. The zero-order chi connectivity index (χ0) is 10.6. The van der Waals surface area contributed by atoms with Crippen LogP contribution in [0, 0.1) is 11.8 Å². The molecule has 0 radical (unpaired) electrons. The monoisotopic (exact) mass is 188 g/mol. The Kier molecular flexibility index (Phi) is 4.40. The number of carboxylic acid groups (broad SMARTS) is 1. The maximum Gasteiger partial charge on any atom is 0.309 e. The second-order valence-electron chi connectivity index (χ2n) is 3.87. The normalized spacial score (nSPS) is 14.6. The molecule has 0 aliphatic carbocycles. The molecule has 0 bridgehead atoms. The molecule has 0 amide bonds. The van der Waals surface area contributed by atoms with E-state index in [0.717, 1.165) is 0 Å². The van der Waals surface area contributed by atoms with Crippen LogP contribution >= 0.6 is 0 Å². The maximum atomic E-state index is 10.9. The summed E-state index contributed by atoms with van der Waals surface area (Å²) in [5.74, 6) is -1.61. The smallest absolute Gasteiger partial charge is 0.309 e. The zero-order valence-corrected chi connectivity index (χ0v) is 8.87. The number of aliphatic hydroxyl groups is 1. The first-order valence-corrected chi connectivity index (χ1v) is 4.84. The van der Waals surface area contributed by atoms with E-state index in [0.29, 0.717) is 12.8 Å². The van der Waals surface area contributed by atoms with Crippen molar-refractivity contribution in [3.8, 4) is 0 Å². The minimum absolute atomic E-state index is 0.0394. The highest BCUT2D eigenvalue weighted by Gasteiger charge is 2.40. The summed E-state index contributed by atoms with van der Waals surface area (Å²) in [6.07, 6.45) is 0.970. The Morgan fingerprint density at radius 1 is 1.31 bits per heavy atom. The van der Waals surface area contributed by atoms with Crippen LogP contribution in [0.15, 0.2) is 0 Å². The quantitative estimate of drug-likeness (QED) is 0.692. The molecule has 1 atom stereocenters. The molecule has 0 rings (SSSR count). The fourth-order valence-electron chi connectivity index (χ4n) is 1.83. The van der Waals surface area contributed by atoms with E-state index in [-0.39, 0.29) is 5.92 Å². The van der Waals surface area contributed by atoms with Crippen LogP contribution in [-0.4, -0.2) is 21.8 Å². The van der Waals surface area contributed by atoms with E-state index < -0.39 is 17.5 Å². The van der Waals surface area contributed by atoms with Gasteiger partial charge < -0.3 is 10.2 Å².